The smallest absolute Gasteiger partial charge is 0.325 e. The summed E-state index contributed by atoms with van der Waals surface area (Å²) in [4.78, 5) is 13.4. The van der Waals surface area contributed by atoms with Gasteiger partial charge in [0.1, 0.15) is 6.04 Å². The largest absolute Gasteiger partial charge is 0.480 e. The first kappa shape index (κ1) is 13.9. The Hall–Kier alpha value is -1.55. The molecule has 1 unspecified atom stereocenters. The number of anilines is 1. The topological polar surface area (TPSA) is 52.6 Å². The van der Waals surface area contributed by atoms with Crippen molar-refractivity contribution in [3.63, 3.8) is 0 Å². The number of nitrogens with one attached hydrogen (secondary N) is 1. The minimum absolute atomic E-state index is 0.342. The fourth-order valence-electron chi connectivity index (χ4n) is 2.60. The normalized spacial score (nSPS) is 17.4. The first-order valence-corrected chi connectivity index (χ1v) is 6.84. The minimum atomic E-state index is -0.801. The van der Waals surface area contributed by atoms with Gasteiger partial charge >= 0.3 is 5.97 Å². The number of aliphatic carboxylic acids is 1. The Morgan fingerprint density at radius 3 is 2.32 bits per heavy atom. The zero-order valence-electron chi connectivity index (χ0n) is 11.6. The van der Waals surface area contributed by atoms with Gasteiger partial charge in [0.05, 0.1) is 0 Å². The summed E-state index contributed by atoms with van der Waals surface area (Å²) in [6.45, 7) is 0. The SMILES string of the molecule is CN(C)c1ccc(C(NC2CCCC2)C(=O)O)cc1. The number of nitrogens with zero attached hydrogens (tertiary/aromatic N) is 1. The zero-order valence-corrected chi connectivity index (χ0v) is 11.6. The molecule has 0 spiro atoms. The van der Waals surface area contributed by atoms with Gasteiger partial charge in [-0.25, -0.2) is 0 Å². The summed E-state index contributed by atoms with van der Waals surface area (Å²) in [7, 11) is 3.95. The van der Waals surface area contributed by atoms with Crippen molar-refractivity contribution in [1.29, 1.82) is 0 Å². The molecule has 0 aromatic heterocycles. The van der Waals surface area contributed by atoms with Gasteiger partial charge in [0.2, 0.25) is 0 Å². The van der Waals surface area contributed by atoms with E-state index < -0.39 is 12.0 Å². The summed E-state index contributed by atoms with van der Waals surface area (Å²) in [6, 6.07) is 7.46. The van der Waals surface area contributed by atoms with Crippen molar-refractivity contribution < 1.29 is 9.90 Å². The highest BCUT2D eigenvalue weighted by Crippen LogP contribution is 2.23. The van der Waals surface area contributed by atoms with Crippen LogP contribution in [0.15, 0.2) is 24.3 Å². The molecule has 19 heavy (non-hydrogen) atoms. The minimum Gasteiger partial charge on any atom is -0.480 e. The van der Waals surface area contributed by atoms with Crippen molar-refractivity contribution in [1.82, 2.24) is 5.32 Å². The van der Waals surface area contributed by atoms with Crippen LogP contribution in [0, 0.1) is 0 Å². The van der Waals surface area contributed by atoms with Gasteiger partial charge in [-0.2, -0.15) is 0 Å². The molecular formula is C15H22N2O2. The van der Waals surface area contributed by atoms with E-state index in [9.17, 15) is 9.90 Å². The highest BCUT2D eigenvalue weighted by molar-refractivity contribution is 5.75. The van der Waals surface area contributed by atoms with Crippen LogP contribution < -0.4 is 10.2 Å². The molecule has 4 heteroatoms. The number of benzene rings is 1. The molecular weight excluding hydrogens is 240 g/mol. The van der Waals surface area contributed by atoms with E-state index >= 15 is 0 Å². The second-order valence-corrected chi connectivity index (χ2v) is 5.41. The van der Waals surface area contributed by atoms with Crippen LogP contribution >= 0.6 is 0 Å². The van der Waals surface area contributed by atoms with Crippen LogP contribution in [-0.2, 0) is 4.79 Å². The van der Waals surface area contributed by atoms with Gasteiger partial charge in [-0.15, -0.1) is 0 Å². The number of carboxylic acids is 1. The molecule has 0 radical (unpaired) electrons. The van der Waals surface area contributed by atoms with Gasteiger partial charge in [-0.1, -0.05) is 25.0 Å². The highest BCUT2D eigenvalue weighted by atomic mass is 16.4. The quantitative estimate of drug-likeness (QED) is 0.855. The molecule has 0 amide bonds. The molecule has 1 atom stereocenters. The summed E-state index contributed by atoms with van der Waals surface area (Å²) < 4.78 is 0. The number of carboxylic acid groups (broad SMARTS) is 1. The molecule has 0 bridgehead atoms. The number of hydrogen-bond donors (Lipinski definition) is 2. The van der Waals surface area contributed by atoms with Crippen LogP contribution in [0.3, 0.4) is 0 Å². The van der Waals surface area contributed by atoms with E-state index in [4.69, 9.17) is 0 Å². The molecule has 4 nitrogen and oxygen atoms in total. The molecule has 1 saturated carbocycles. The molecule has 1 fully saturated rings. The molecule has 0 saturated heterocycles. The Balaban J connectivity index is 2.11. The average Bonchev–Trinajstić information content (AvgIpc) is 2.88. The summed E-state index contributed by atoms with van der Waals surface area (Å²) in [5.74, 6) is -0.801. The summed E-state index contributed by atoms with van der Waals surface area (Å²) in [5.41, 5.74) is 1.90. The number of carbonyl (C=O) groups is 1. The third kappa shape index (κ3) is 3.47. The van der Waals surface area contributed by atoms with Gasteiger partial charge in [0.15, 0.2) is 0 Å². The Morgan fingerprint density at radius 2 is 1.84 bits per heavy atom. The van der Waals surface area contributed by atoms with Crippen molar-refractivity contribution in [3.05, 3.63) is 29.8 Å². The van der Waals surface area contributed by atoms with Crippen LogP contribution in [0.25, 0.3) is 0 Å². The third-order valence-electron chi connectivity index (χ3n) is 3.75. The molecule has 1 aromatic rings. The maximum Gasteiger partial charge on any atom is 0.325 e. The van der Waals surface area contributed by atoms with Gasteiger partial charge in [0.25, 0.3) is 0 Å². The Morgan fingerprint density at radius 1 is 1.26 bits per heavy atom. The molecule has 1 aliphatic rings. The zero-order chi connectivity index (χ0) is 13.8. The van der Waals surface area contributed by atoms with E-state index in [1.807, 2.05) is 43.3 Å². The third-order valence-corrected chi connectivity index (χ3v) is 3.75. The van der Waals surface area contributed by atoms with Gasteiger partial charge in [-0.05, 0) is 30.5 Å². The standard InChI is InChI=1S/C15H22N2O2/c1-17(2)13-9-7-11(8-10-13)14(15(18)19)16-12-5-3-4-6-12/h7-10,12,14,16H,3-6H2,1-2H3,(H,18,19). The molecule has 1 aromatic carbocycles. The maximum absolute atomic E-state index is 11.4. The van der Waals surface area contributed by atoms with Crippen molar-refractivity contribution in [2.24, 2.45) is 0 Å². The predicted octanol–water partition coefficient (Wildman–Crippen LogP) is 2.41. The van der Waals surface area contributed by atoms with Crippen LogP contribution in [0.2, 0.25) is 0 Å². The van der Waals surface area contributed by atoms with E-state index in [1.165, 1.54) is 12.8 Å². The molecule has 104 valence electrons. The van der Waals surface area contributed by atoms with Crippen molar-refractivity contribution in [2.45, 2.75) is 37.8 Å². The summed E-state index contributed by atoms with van der Waals surface area (Å²) >= 11 is 0. The maximum atomic E-state index is 11.4. The second-order valence-electron chi connectivity index (χ2n) is 5.41. The lowest BCUT2D eigenvalue weighted by atomic mass is 10.0. The first-order valence-electron chi connectivity index (χ1n) is 6.84. The van der Waals surface area contributed by atoms with Crippen LogP contribution in [0.5, 0.6) is 0 Å². The Labute approximate surface area is 114 Å². The average molecular weight is 262 g/mol. The Kier molecular flexibility index (Phi) is 4.43. The molecule has 0 aliphatic heterocycles. The molecule has 0 heterocycles. The van der Waals surface area contributed by atoms with Gasteiger partial charge in [-0.3, -0.25) is 10.1 Å². The number of rotatable bonds is 5. The summed E-state index contributed by atoms with van der Waals surface area (Å²) in [6.07, 6.45) is 4.56. The highest BCUT2D eigenvalue weighted by Gasteiger charge is 2.25. The van der Waals surface area contributed by atoms with Crippen molar-refractivity contribution in [3.8, 4) is 0 Å². The fraction of sp³-hybridized carbons (Fsp3) is 0.533. The monoisotopic (exact) mass is 262 g/mol. The molecule has 2 rings (SSSR count). The summed E-state index contributed by atoms with van der Waals surface area (Å²) in [5, 5.41) is 12.7. The van der Waals surface area contributed by atoms with Crippen LogP contribution in [0.1, 0.15) is 37.3 Å². The van der Waals surface area contributed by atoms with E-state index in [0.717, 1.165) is 24.1 Å². The lowest BCUT2D eigenvalue weighted by Crippen LogP contribution is -2.35. The van der Waals surface area contributed by atoms with Crippen molar-refractivity contribution in [2.75, 3.05) is 19.0 Å². The Bertz CT molecular complexity index is 422. The van der Waals surface area contributed by atoms with Crippen LogP contribution in [0.4, 0.5) is 5.69 Å². The van der Waals surface area contributed by atoms with Gasteiger partial charge in [0, 0.05) is 25.8 Å². The number of hydrogen-bond acceptors (Lipinski definition) is 3. The van der Waals surface area contributed by atoms with E-state index in [2.05, 4.69) is 5.32 Å². The molecule has 2 N–H and O–H groups in total. The lowest BCUT2D eigenvalue weighted by Gasteiger charge is -2.20. The van der Waals surface area contributed by atoms with E-state index in [0.29, 0.717) is 6.04 Å². The first-order chi connectivity index (χ1) is 9.08. The predicted molar refractivity (Wildman–Crippen MR) is 76.5 cm³/mol. The lowest BCUT2D eigenvalue weighted by molar-refractivity contribution is -0.139. The second kappa shape index (κ2) is 6.06. The fourth-order valence-corrected chi connectivity index (χ4v) is 2.60. The van der Waals surface area contributed by atoms with E-state index in [-0.39, 0.29) is 0 Å². The van der Waals surface area contributed by atoms with Crippen molar-refractivity contribution >= 4 is 11.7 Å². The van der Waals surface area contributed by atoms with Gasteiger partial charge < -0.3 is 10.0 Å². The van der Waals surface area contributed by atoms with E-state index in [1.54, 1.807) is 0 Å². The molecule has 1 aliphatic carbocycles. The van der Waals surface area contributed by atoms with Crippen LogP contribution in [-0.4, -0.2) is 31.2 Å².